The van der Waals surface area contributed by atoms with E-state index in [9.17, 15) is 4.79 Å². The van der Waals surface area contributed by atoms with Gasteiger partial charge in [-0.05, 0) is 13.3 Å². The molecule has 0 aromatic heterocycles. The summed E-state index contributed by atoms with van der Waals surface area (Å²) in [5.41, 5.74) is 0. The summed E-state index contributed by atoms with van der Waals surface area (Å²) in [5.74, 6) is -0.00353. The molecule has 0 saturated heterocycles. The maximum absolute atomic E-state index is 11.6. The number of quaternary nitrogens is 1. The van der Waals surface area contributed by atoms with Gasteiger partial charge < -0.3 is 10.1 Å². The number of rotatable bonds is 21. The molecule has 0 heterocycles. The molecule has 0 unspecified atom stereocenters. The second-order valence-electron chi connectivity index (χ2n) is 7.76. The highest BCUT2D eigenvalue weighted by Gasteiger charge is 2.02. The van der Waals surface area contributed by atoms with Gasteiger partial charge in [0.1, 0.15) is 0 Å². The van der Waals surface area contributed by atoms with Crippen LogP contribution >= 0.6 is 0 Å². The SMILES string of the molecule is CC.CCCCCCCCCCCCCCCCCC(=O)OCCC[NH2+]CC. The van der Waals surface area contributed by atoms with Crippen molar-refractivity contribution in [3.05, 3.63) is 0 Å². The molecule has 3 heteroatoms. The number of esters is 1. The van der Waals surface area contributed by atoms with Crippen LogP contribution in [0.15, 0.2) is 0 Å². The van der Waals surface area contributed by atoms with Gasteiger partial charge in [0.15, 0.2) is 0 Å². The number of carbonyl (C=O) groups is 1. The fourth-order valence-corrected chi connectivity index (χ4v) is 3.33. The van der Waals surface area contributed by atoms with Crippen LogP contribution in [0.1, 0.15) is 137 Å². The van der Waals surface area contributed by atoms with Gasteiger partial charge in [-0.1, -0.05) is 111 Å². The highest BCUT2D eigenvalue weighted by molar-refractivity contribution is 5.69. The van der Waals surface area contributed by atoms with E-state index in [-0.39, 0.29) is 5.97 Å². The van der Waals surface area contributed by atoms with Crippen LogP contribution in [0.2, 0.25) is 0 Å². The maximum Gasteiger partial charge on any atom is 0.305 e. The normalized spacial score (nSPS) is 10.4. The zero-order valence-electron chi connectivity index (χ0n) is 20.0. The first-order valence-electron chi connectivity index (χ1n) is 12.8. The molecule has 0 aliphatic rings. The molecule has 28 heavy (non-hydrogen) atoms. The summed E-state index contributed by atoms with van der Waals surface area (Å²) in [6, 6.07) is 0. The number of unbranched alkanes of at least 4 members (excludes halogenated alkanes) is 14. The smallest absolute Gasteiger partial charge is 0.305 e. The molecular weight excluding hydrogens is 346 g/mol. The Bertz CT molecular complexity index is 282. The van der Waals surface area contributed by atoms with Gasteiger partial charge in [-0.25, -0.2) is 0 Å². The van der Waals surface area contributed by atoms with Crippen LogP contribution in [0.5, 0.6) is 0 Å². The molecule has 0 saturated carbocycles. The molecule has 0 aliphatic heterocycles. The minimum Gasteiger partial charge on any atom is -0.465 e. The molecule has 0 amide bonds. The van der Waals surface area contributed by atoms with Crippen LogP contribution in [0, 0.1) is 0 Å². The number of nitrogens with two attached hydrogens (primary N) is 1. The zero-order chi connectivity index (χ0) is 21.1. The van der Waals surface area contributed by atoms with E-state index >= 15 is 0 Å². The van der Waals surface area contributed by atoms with Gasteiger partial charge in [0.2, 0.25) is 0 Å². The van der Waals surface area contributed by atoms with E-state index in [4.69, 9.17) is 4.74 Å². The molecule has 0 radical (unpaired) electrons. The molecule has 0 aliphatic carbocycles. The number of ether oxygens (including phenoxy) is 1. The summed E-state index contributed by atoms with van der Waals surface area (Å²) in [6.45, 7) is 11.2. The lowest BCUT2D eigenvalue weighted by Gasteiger charge is -2.05. The molecule has 0 atom stereocenters. The van der Waals surface area contributed by atoms with E-state index in [1.165, 1.54) is 89.9 Å². The zero-order valence-corrected chi connectivity index (χ0v) is 20.0. The Kier molecular flexibility index (Phi) is 30.3. The van der Waals surface area contributed by atoms with Crippen molar-refractivity contribution < 1.29 is 14.8 Å². The van der Waals surface area contributed by atoms with Crippen molar-refractivity contribution in [1.82, 2.24) is 0 Å². The highest BCUT2D eigenvalue weighted by atomic mass is 16.5. The second-order valence-corrected chi connectivity index (χ2v) is 7.76. The average molecular weight is 401 g/mol. The molecule has 0 spiro atoms. The second kappa shape index (κ2) is 28.6. The van der Waals surface area contributed by atoms with Crippen LogP contribution < -0.4 is 5.32 Å². The molecule has 0 aromatic rings. The van der Waals surface area contributed by atoms with Gasteiger partial charge in [-0.3, -0.25) is 4.79 Å². The molecular formula is C25H54NO2+. The van der Waals surface area contributed by atoms with Crippen LogP contribution in [-0.4, -0.2) is 25.7 Å². The van der Waals surface area contributed by atoms with Crippen LogP contribution in [0.25, 0.3) is 0 Å². The standard InChI is InChI=1S/C23H47NO2.C2H6/c1-3-5-6-7-8-9-10-11-12-13-14-15-16-17-18-20-23(25)26-22-19-21-24-4-2;1-2/h24H,3-22H2,1-2H3;1-2H3/p+1. The predicted molar refractivity (Wildman–Crippen MR) is 124 cm³/mol. The van der Waals surface area contributed by atoms with Crippen molar-refractivity contribution in [2.45, 2.75) is 137 Å². The lowest BCUT2D eigenvalue weighted by molar-refractivity contribution is -0.652. The fraction of sp³-hybridized carbons (Fsp3) is 0.960. The topological polar surface area (TPSA) is 42.9 Å². The Morgan fingerprint density at radius 2 is 1.07 bits per heavy atom. The number of hydrogen-bond acceptors (Lipinski definition) is 2. The molecule has 2 N–H and O–H groups in total. The summed E-state index contributed by atoms with van der Waals surface area (Å²) in [7, 11) is 0. The van der Waals surface area contributed by atoms with E-state index in [0.29, 0.717) is 13.0 Å². The lowest BCUT2D eigenvalue weighted by Crippen LogP contribution is -2.83. The number of carbonyl (C=O) groups excluding carboxylic acids is 1. The van der Waals surface area contributed by atoms with Crippen molar-refractivity contribution >= 4 is 5.97 Å². The minimum absolute atomic E-state index is 0.00353. The summed E-state index contributed by atoms with van der Waals surface area (Å²) >= 11 is 0. The molecule has 0 fully saturated rings. The molecule has 170 valence electrons. The van der Waals surface area contributed by atoms with E-state index in [0.717, 1.165) is 25.9 Å². The Labute approximate surface area is 177 Å². The summed E-state index contributed by atoms with van der Waals surface area (Å²) in [6.07, 6.45) is 21.9. The van der Waals surface area contributed by atoms with Crippen molar-refractivity contribution in [2.24, 2.45) is 0 Å². The van der Waals surface area contributed by atoms with Crippen LogP contribution in [0.3, 0.4) is 0 Å². The fourth-order valence-electron chi connectivity index (χ4n) is 3.33. The Balaban J connectivity index is 0. The third-order valence-electron chi connectivity index (χ3n) is 5.09. The van der Waals surface area contributed by atoms with Crippen LogP contribution in [-0.2, 0) is 9.53 Å². The van der Waals surface area contributed by atoms with Crippen molar-refractivity contribution in [3.63, 3.8) is 0 Å². The van der Waals surface area contributed by atoms with Gasteiger partial charge in [-0.2, -0.15) is 0 Å². The Hall–Kier alpha value is -0.570. The van der Waals surface area contributed by atoms with Crippen molar-refractivity contribution in [3.8, 4) is 0 Å². The monoisotopic (exact) mass is 400 g/mol. The molecule has 3 nitrogen and oxygen atoms in total. The van der Waals surface area contributed by atoms with E-state index in [2.05, 4.69) is 19.2 Å². The number of hydrogen-bond donors (Lipinski definition) is 1. The lowest BCUT2D eigenvalue weighted by atomic mass is 10.0. The Morgan fingerprint density at radius 1 is 0.643 bits per heavy atom. The summed E-state index contributed by atoms with van der Waals surface area (Å²) in [5, 5.41) is 2.24. The first kappa shape index (κ1) is 29.6. The summed E-state index contributed by atoms with van der Waals surface area (Å²) in [4.78, 5) is 11.6. The van der Waals surface area contributed by atoms with Gasteiger partial charge >= 0.3 is 5.97 Å². The summed E-state index contributed by atoms with van der Waals surface area (Å²) < 4.78 is 5.25. The predicted octanol–water partition coefficient (Wildman–Crippen LogP) is 6.79. The maximum atomic E-state index is 11.6. The molecule has 0 aromatic carbocycles. The van der Waals surface area contributed by atoms with Crippen molar-refractivity contribution in [1.29, 1.82) is 0 Å². The third-order valence-corrected chi connectivity index (χ3v) is 5.09. The average Bonchev–Trinajstić information content (AvgIpc) is 2.72. The first-order chi connectivity index (χ1) is 13.8. The van der Waals surface area contributed by atoms with E-state index in [1.807, 2.05) is 13.8 Å². The van der Waals surface area contributed by atoms with Crippen molar-refractivity contribution in [2.75, 3.05) is 19.7 Å². The van der Waals surface area contributed by atoms with E-state index < -0.39 is 0 Å². The van der Waals surface area contributed by atoms with Crippen LogP contribution in [0.4, 0.5) is 0 Å². The first-order valence-corrected chi connectivity index (χ1v) is 12.8. The van der Waals surface area contributed by atoms with Gasteiger partial charge in [0.25, 0.3) is 0 Å². The van der Waals surface area contributed by atoms with Gasteiger partial charge in [0, 0.05) is 12.8 Å². The molecule has 0 rings (SSSR count). The Morgan fingerprint density at radius 3 is 1.50 bits per heavy atom. The minimum atomic E-state index is -0.00353. The van der Waals surface area contributed by atoms with E-state index in [1.54, 1.807) is 0 Å². The third kappa shape index (κ3) is 27.6. The highest BCUT2D eigenvalue weighted by Crippen LogP contribution is 2.13. The molecule has 0 bridgehead atoms. The van der Waals surface area contributed by atoms with Gasteiger partial charge in [-0.15, -0.1) is 0 Å². The quantitative estimate of drug-likeness (QED) is 0.170. The van der Waals surface area contributed by atoms with Gasteiger partial charge in [0.05, 0.1) is 19.7 Å². The largest absolute Gasteiger partial charge is 0.465 e.